The van der Waals surface area contributed by atoms with Crippen molar-refractivity contribution < 1.29 is 9.53 Å². The molecule has 22 heavy (non-hydrogen) atoms. The Morgan fingerprint density at radius 3 is 2.64 bits per heavy atom. The number of methoxy groups -OCH3 is 1. The van der Waals surface area contributed by atoms with Crippen molar-refractivity contribution in [3.63, 3.8) is 0 Å². The van der Waals surface area contributed by atoms with E-state index in [1.165, 1.54) is 18.4 Å². The van der Waals surface area contributed by atoms with Crippen molar-refractivity contribution >= 4 is 33.9 Å². The van der Waals surface area contributed by atoms with E-state index >= 15 is 0 Å². The van der Waals surface area contributed by atoms with E-state index in [0.717, 1.165) is 21.6 Å². The fourth-order valence-electron chi connectivity index (χ4n) is 2.31. The van der Waals surface area contributed by atoms with Gasteiger partial charge >= 0.3 is 5.97 Å². The van der Waals surface area contributed by atoms with E-state index in [1.807, 2.05) is 44.1 Å². The molecule has 6 heteroatoms. The third-order valence-electron chi connectivity index (χ3n) is 3.30. The first kappa shape index (κ1) is 16.8. The van der Waals surface area contributed by atoms with E-state index < -0.39 is 5.97 Å². The van der Waals surface area contributed by atoms with Gasteiger partial charge in [-0.15, -0.1) is 11.3 Å². The summed E-state index contributed by atoms with van der Waals surface area (Å²) in [6.45, 7) is 2.63. The number of nitrogen functional groups attached to an aromatic ring is 1. The molecule has 0 atom stereocenters. The Labute approximate surface area is 139 Å². The number of ether oxygens (including phenoxy) is 1. The van der Waals surface area contributed by atoms with Crippen LogP contribution in [-0.2, 0) is 11.3 Å². The highest BCUT2D eigenvalue weighted by Gasteiger charge is 2.24. The van der Waals surface area contributed by atoms with Crippen molar-refractivity contribution in [3.8, 4) is 11.1 Å². The first-order chi connectivity index (χ1) is 10.3. The summed E-state index contributed by atoms with van der Waals surface area (Å²) >= 11 is 7.53. The van der Waals surface area contributed by atoms with Crippen molar-refractivity contribution in [2.45, 2.75) is 13.5 Å². The Kier molecular flexibility index (Phi) is 5.11. The van der Waals surface area contributed by atoms with Crippen molar-refractivity contribution in [3.05, 3.63) is 39.2 Å². The van der Waals surface area contributed by atoms with Gasteiger partial charge in [0.05, 0.1) is 7.11 Å². The van der Waals surface area contributed by atoms with Crippen LogP contribution in [0.25, 0.3) is 11.1 Å². The van der Waals surface area contributed by atoms with E-state index in [2.05, 4.69) is 0 Å². The molecule has 0 aliphatic rings. The second-order valence-electron chi connectivity index (χ2n) is 5.33. The molecule has 0 unspecified atom stereocenters. The number of nitrogens with two attached hydrogens (primary N) is 1. The van der Waals surface area contributed by atoms with Crippen LogP contribution in [0.4, 0.5) is 5.00 Å². The van der Waals surface area contributed by atoms with E-state index in [4.69, 9.17) is 22.1 Å². The van der Waals surface area contributed by atoms with Gasteiger partial charge in [-0.3, -0.25) is 0 Å². The topological polar surface area (TPSA) is 55.6 Å². The zero-order valence-electron chi connectivity index (χ0n) is 13.1. The lowest BCUT2D eigenvalue weighted by atomic mass is 9.99. The molecule has 0 amide bonds. The zero-order chi connectivity index (χ0) is 16.4. The van der Waals surface area contributed by atoms with Crippen LogP contribution in [0.5, 0.6) is 0 Å². The third-order valence-corrected chi connectivity index (χ3v) is 4.73. The average molecular weight is 339 g/mol. The number of halogens is 1. The molecule has 0 fully saturated rings. The molecule has 0 saturated heterocycles. The van der Waals surface area contributed by atoms with E-state index in [9.17, 15) is 4.79 Å². The molecule has 1 heterocycles. The molecule has 2 rings (SSSR count). The van der Waals surface area contributed by atoms with Crippen molar-refractivity contribution in [2.75, 3.05) is 26.9 Å². The SMILES string of the molecule is COC(=O)c1c(N)sc(CN(C)C)c1-c1ccc(Cl)c(C)c1. The second-order valence-corrected chi connectivity index (χ2v) is 6.88. The number of thiophene rings is 1. The van der Waals surface area contributed by atoms with E-state index in [-0.39, 0.29) is 0 Å². The normalized spacial score (nSPS) is 11.0. The van der Waals surface area contributed by atoms with Crippen LogP contribution in [0.2, 0.25) is 5.02 Å². The quantitative estimate of drug-likeness (QED) is 0.861. The van der Waals surface area contributed by atoms with Gasteiger partial charge in [-0.2, -0.15) is 0 Å². The lowest BCUT2D eigenvalue weighted by molar-refractivity contribution is 0.0603. The van der Waals surface area contributed by atoms with E-state index in [1.54, 1.807) is 0 Å². The molecule has 0 aliphatic heterocycles. The zero-order valence-corrected chi connectivity index (χ0v) is 14.6. The summed E-state index contributed by atoms with van der Waals surface area (Å²) < 4.78 is 4.90. The van der Waals surface area contributed by atoms with Crippen LogP contribution in [0.15, 0.2) is 18.2 Å². The molecule has 0 saturated carbocycles. The molecule has 0 radical (unpaired) electrons. The van der Waals surface area contributed by atoms with Gasteiger partial charge in [-0.05, 0) is 44.3 Å². The first-order valence-electron chi connectivity index (χ1n) is 6.75. The molecule has 0 aliphatic carbocycles. The second kappa shape index (κ2) is 6.69. The van der Waals surface area contributed by atoms with Crippen LogP contribution in [0.1, 0.15) is 20.8 Å². The van der Waals surface area contributed by atoms with Crippen LogP contribution in [0.3, 0.4) is 0 Å². The average Bonchev–Trinajstić information content (AvgIpc) is 2.76. The Bertz CT molecular complexity index is 710. The number of carbonyl (C=O) groups excluding carboxylic acids is 1. The van der Waals surface area contributed by atoms with Crippen molar-refractivity contribution in [1.82, 2.24) is 4.90 Å². The van der Waals surface area contributed by atoms with Crippen LogP contribution in [-0.4, -0.2) is 32.1 Å². The lowest BCUT2D eigenvalue weighted by Gasteiger charge is -2.12. The summed E-state index contributed by atoms with van der Waals surface area (Å²) in [6.07, 6.45) is 0. The maximum absolute atomic E-state index is 12.1. The van der Waals surface area contributed by atoms with Crippen LogP contribution < -0.4 is 5.73 Å². The highest BCUT2D eigenvalue weighted by Crippen LogP contribution is 2.40. The summed E-state index contributed by atoms with van der Waals surface area (Å²) in [4.78, 5) is 15.2. The Hall–Kier alpha value is -1.56. The Morgan fingerprint density at radius 2 is 2.09 bits per heavy atom. The highest BCUT2D eigenvalue weighted by molar-refractivity contribution is 7.17. The monoisotopic (exact) mass is 338 g/mol. The van der Waals surface area contributed by atoms with Gasteiger partial charge in [-0.25, -0.2) is 4.79 Å². The molecular weight excluding hydrogens is 320 g/mol. The van der Waals surface area contributed by atoms with Crippen LogP contribution >= 0.6 is 22.9 Å². The summed E-state index contributed by atoms with van der Waals surface area (Å²) in [6, 6.07) is 5.71. The highest BCUT2D eigenvalue weighted by atomic mass is 35.5. The molecule has 0 bridgehead atoms. The fourth-order valence-corrected chi connectivity index (χ4v) is 3.62. The number of hydrogen-bond donors (Lipinski definition) is 1. The Balaban J connectivity index is 2.68. The van der Waals surface area contributed by atoms with Gasteiger partial charge in [-0.1, -0.05) is 17.7 Å². The minimum absolute atomic E-state index is 0.415. The van der Waals surface area contributed by atoms with Crippen molar-refractivity contribution in [2.24, 2.45) is 0 Å². The largest absolute Gasteiger partial charge is 0.465 e. The molecule has 2 aromatic rings. The predicted octanol–water partition coefficient (Wildman–Crippen LogP) is 3.81. The number of carbonyl (C=O) groups is 1. The number of esters is 1. The summed E-state index contributed by atoms with van der Waals surface area (Å²) in [5.74, 6) is -0.415. The van der Waals surface area contributed by atoms with Gasteiger partial charge in [0.1, 0.15) is 10.6 Å². The van der Waals surface area contributed by atoms with Gasteiger partial charge in [0, 0.05) is 22.0 Å². The molecule has 1 aromatic carbocycles. The number of anilines is 1. The maximum atomic E-state index is 12.1. The Morgan fingerprint density at radius 1 is 1.41 bits per heavy atom. The van der Waals surface area contributed by atoms with Gasteiger partial charge in [0.2, 0.25) is 0 Å². The van der Waals surface area contributed by atoms with Crippen molar-refractivity contribution in [1.29, 1.82) is 0 Å². The number of rotatable bonds is 4. The molecule has 4 nitrogen and oxygen atoms in total. The number of hydrogen-bond acceptors (Lipinski definition) is 5. The minimum atomic E-state index is -0.415. The summed E-state index contributed by atoms with van der Waals surface area (Å²) in [7, 11) is 5.32. The molecule has 2 N–H and O–H groups in total. The van der Waals surface area contributed by atoms with Gasteiger partial charge < -0.3 is 15.4 Å². The first-order valence-corrected chi connectivity index (χ1v) is 7.95. The maximum Gasteiger partial charge on any atom is 0.341 e. The lowest BCUT2D eigenvalue weighted by Crippen LogP contribution is -2.11. The minimum Gasteiger partial charge on any atom is -0.465 e. The third kappa shape index (κ3) is 3.27. The number of benzene rings is 1. The fraction of sp³-hybridized carbons (Fsp3) is 0.312. The number of nitrogens with zero attached hydrogens (tertiary/aromatic N) is 1. The predicted molar refractivity (Wildman–Crippen MR) is 92.6 cm³/mol. The molecule has 0 spiro atoms. The van der Waals surface area contributed by atoms with E-state index in [0.29, 0.717) is 22.1 Å². The molecular formula is C16H19ClN2O2S. The summed E-state index contributed by atoms with van der Waals surface area (Å²) in [5.41, 5.74) is 9.22. The summed E-state index contributed by atoms with van der Waals surface area (Å²) in [5, 5.41) is 1.17. The standard InChI is InChI=1S/C16H19ClN2O2S/c1-9-7-10(5-6-11(9)17)13-12(8-19(2)3)22-15(18)14(13)16(20)21-4/h5-7H,8,18H2,1-4H3. The van der Waals surface area contributed by atoms with Gasteiger partial charge in [0.15, 0.2) is 0 Å². The molecule has 118 valence electrons. The van der Waals surface area contributed by atoms with Gasteiger partial charge in [0.25, 0.3) is 0 Å². The smallest absolute Gasteiger partial charge is 0.341 e. The number of aryl methyl sites for hydroxylation is 1. The van der Waals surface area contributed by atoms with Crippen LogP contribution in [0, 0.1) is 6.92 Å². The molecule has 1 aromatic heterocycles.